The fourth-order valence-corrected chi connectivity index (χ4v) is 5.57. The molecule has 13 nitrogen and oxygen atoms in total. The zero-order valence-corrected chi connectivity index (χ0v) is 20.2. The maximum absolute atomic E-state index is 13.7. The molecule has 2 aromatic heterocycles. The lowest BCUT2D eigenvalue weighted by Gasteiger charge is -2.20. The normalized spacial score (nSPS) is 25.7. The smallest absolute Gasteiger partial charge is 0.394 e. The number of aromatic nitrogens is 4. The van der Waals surface area contributed by atoms with Crippen molar-refractivity contribution >= 4 is 42.4 Å². The lowest BCUT2D eigenvalue weighted by Crippen LogP contribution is -2.29. The van der Waals surface area contributed by atoms with Crippen LogP contribution in [0.25, 0.3) is 11.2 Å². The zero-order chi connectivity index (χ0) is 25.1. The average molecular weight is 526 g/mol. The number of benzene rings is 1. The lowest BCUT2D eigenvalue weighted by molar-refractivity contribution is -0.0425. The molecule has 0 radical (unpaired) electrons. The largest absolute Gasteiger partial charge is 0.590 e. The molecule has 1 fully saturated rings. The number of ether oxygens (including phenoxy) is 1. The number of phosphoric ester groups is 1. The SMILES string of the molecule is CC(C)C(=O)n1c(N)nc(=O)c2nc3n(c21)[C@@H]1O[C@H](CO)CC1OP(=O)(Oc1ccccc1Cl)O3. The van der Waals surface area contributed by atoms with Crippen LogP contribution in [0.1, 0.15) is 31.3 Å². The lowest BCUT2D eigenvalue weighted by atomic mass is 10.2. The van der Waals surface area contributed by atoms with Gasteiger partial charge in [0.2, 0.25) is 11.9 Å². The number of carbonyl (C=O) groups excluding carboxylic acids is 1. The summed E-state index contributed by atoms with van der Waals surface area (Å²) in [6, 6.07) is 5.89. The maximum Gasteiger partial charge on any atom is 0.590 e. The minimum absolute atomic E-state index is 0.0247. The van der Waals surface area contributed by atoms with Gasteiger partial charge in [-0.1, -0.05) is 37.6 Å². The second-order valence-corrected chi connectivity index (χ2v) is 10.2. The number of carbonyl (C=O) groups is 1. The summed E-state index contributed by atoms with van der Waals surface area (Å²) in [6.07, 6.45) is -2.68. The molecule has 4 heterocycles. The summed E-state index contributed by atoms with van der Waals surface area (Å²) in [5.41, 5.74) is 4.81. The molecule has 3 aromatic rings. The molecule has 0 amide bonds. The molecule has 2 unspecified atom stereocenters. The molecule has 35 heavy (non-hydrogen) atoms. The van der Waals surface area contributed by atoms with Crippen LogP contribution >= 0.6 is 19.4 Å². The van der Waals surface area contributed by atoms with Crippen LogP contribution in [0.3, 0.4) is 0 Å². The number of hydrogen-bond acceptors (Lipinski definition) is 11. The highest BCUT2D eigenvalue weighted by Gasteiger charge is 2.50. The van der Waals surface area contributed by atoms with Crippen molar-refractivity contribution in [1.29, 1.82) is 0 Å². The number of nitrogens with zero attached hydrogens (tertiary/aromatic N) is 4. The van der Waals surface area contributed by atoms with Gasteiger partial charge in [-0.25, -0.2) is 13.7 Å². The van der Waals surface area contributed by atoms with Gasteiger partial charge in [0, 0.05) is 12.3 Å². The van der Waals surface area contributed by atoms with Crippen LogP contribution < -0.4 is 20.3 Å². The quantitative estimate of drug-likeness (QED) is 0.479. The number of imidazole rings is 1. The van der Waals surface area contributed by atoms with Gasteiger partial charge < -0.3 is 24.6 Å². The molecular formula is C20H21ClN5O8P. The Morgan fingerprint density at radius 1 is 1.37 bits per heavy atom. The summed E-state index contributed by atoms with van der Waals surface area (Å²) in [5.74, 6) is -1.34. The minimum Gasteiger partial charge on any atom is -0.394 e. The van der Waals surface area contributed by atoms with Gasteiger partial charge in [-0.05, 0) is 12.1 Å². The first-order chi connectivity index (χ1) is 16.6. The van der Waals surface area contributed by atoms with Crippen molar-refractivity contribution in [2.45, 2.75) is 38.7 Å². The number of fused-ring (bicyclic) bond motifs is 5. The number of halogens is 1. The molecule has 0 bridgehead atoms. The number of nitrogen functional groups attached to an aromatic ring is 1. The van der Waals surface area contributed by atoms with E-state index in [9.17, 15) is 19.3 Å². The molecule has 186 valence electrons. The van der Waals surface area contributed by atoms with E-state index >= 15 is 0 Å². The Labute approximate surface area is 202 Å². The second kappa shape index (κ2) is 8.61. The molecule has 1 saturated heterocycles. The highest BCUT2D eigenvalue weighted by Crippen LogP contribution is 2.57. The Kier molecular flexibility index (Phi) is 5.85. The number of phosphoric acid groups is 1. The Bertz CT molecular complexity index is 1440. The monoisotopic (exact) mass is 525 g/mol. The van der Waals surface area contributed by atoms with Crippen molar-refractivity contribution in [2.24, 2.45) is 5.92 Å². The van der Waals surface area contributed by atoms with Crippen LogP contribution in [0.15, 0.2) is 29.1 Å². The van der Waals surface area contributed by atoms with E-state index in [1.54, 1.807) is 26.0 Å². The summed E-state index contributed by atoms with van der Waals surface area (Å²) in [7, 11) is -4.46. The van der Waals surface area contributed by atoms with Crippen LogP contribution in [0.5, 0.6) is 11.8 Å². The van der Waals surface area contributed by atoms with Crippen LogP contribution in [-0.4, -0.2) is 48.9 Å². The zero-order valence-electron chi connectivity index (χ0n) is 18.5. The predicted octanol–water partition coefficient (Wildman–Crippen LogP) is 2.37. The third kappa shape index (κ3) is 3.99. The number of rotatable bonds is 4. The van der Waals surface area contributed by atoms with Gasteiger partial charge in [-0.3, -0.25) is 14.1 Å². The highest BCUT2D eigenvalue weighted by molar-refractivity contribution is 7.49. The fraction of sp³-hybridized carbons (Fsp3) is 0.400. The standard InChI is InChI=1S/C20H21ClN5O8P/c1-9(2)17(29)25-16-14(15(28)24-19(25)22)23-20-26(16)18-13(7-10(8-27)31-18)33-35(30,34-20)32-12-6-4-3-5-11(12)21/h3-6,9-10,13,18,27H,7-8H2,1-2H3,(H2,22,24,28)/t10-,13?,18+,35?/m0/s1. The number of hydrogen-bond donors (Lipinski definition) is 2. The number of aliphatic hydroxyl groups excluding tert-OH is 1. The summed E-state index contributed by atoms with van der Waals surface area (Å²) in [4.78, 5) is 33.6. The van der Waals surface area contributed by atoms with Crippen LogP contribution in [0, 0.1) is 5.92 Å². The number of aliphatic hydroxyl groups is 1. The topological polar surface area (TPSA) is 170 Å². The summed E-state index contributed by atoms with van der Waals surface area (Å²) < 4.78 is 38.9. The fourth-order valence-electron chi connectivity index (χ4n) is 3.97. The Hall–Kier alpha value is -2.96. The number of anilines is 1. The molecule has 0 aliphatic carbocycles. The van der Waals surface area contributed by atoms with E-state index < -0.39 is 43.6 Å². The summed E-state index contributed by atoms with van der Waals surface area (Å²) in [5, 5.41) is 9.86. The first-order valence-electron chi connectivity index (χ1n) is 10.6. The minimum atomic E-state index is -4.46. The van der Waals surface area contributed by atoms with Gasteiger partial charge in [-0.15, -0.1) is 0 Å². The van der Waals surface area contributed by atoms with E-state index in [2.05, 4.69) is 9.97 Å². The highest BCUT2D eigenvalue weighted by atomic mass is 35.5. The van der Waals surface area contributed by atoms with Crippen LogP contribution in [-0.2, 0) is 13.8 Å². The molecule has 4 atom stereocenters. The van der Waals surface area contributed by atoms with E-state index in [0.717, 1.165) is 4.57 Å². The first-order valence-corrected chi connectivity index (χ1v) is 12.5. The maximum atomic E-state index is 13.7. The first kappa shape index (κ1) is 23.8. The van der Waals surface area contributed by atoms with Crippen LogP contribution in [0.4, 0.5) is 5.95 Å². The average Bonchev–Trinajstić information content (AvgIpc) is 3.33. The van der Waals surface area contributed by atoms with Crippen LogP contribution in [0.2, 0.25) is 5.02 Å². The molecule has 2 aliphatic heterocycles. The van der Waals surface area contributed by atoms with E-state index in [4.69, 9.17) is 35.6 Å². The van der Waals surface area contributed by atoms with Gasteiger partial charge in [0.1, 0.15) is 6.10 Å². The third-order valence-electron chi connectivity index (χ3n) is 5.54. The van der Waals surface area contributed by atoms with Crippen molar-refractivity contribution in [3.63, 3.8) is 0 Å². The molecule has 3 N–H and O–H groups in total. The van der Waals surface area contributed by atoms with Gasteiger partial charge in [0.15, 0.2) is 23.1 Å². The van der Waals surface area contributed by atoms with Crippen molar-refractivity contribution in [1.82, 2.24) is 19.1 Å². The third-order valence-corrected chi connectivity index (χ3v) is 7.18. The van der Waals surface area contributed by atoms with Crippen molar-refractivity contribution in [3.05, 3.63) is 39.6 Å². The molecule has 5 rings (SSSR count). The molecule has 2 aliphatic rings. The molecule has 0 spiro atoms. The van der Waals surface area contributed by atoms with E-state index in [0.29, 0.717) is 0 Å². The van der Waals surface area contributed by atoms with E-state index in [-0.39, 0.29) is 46.9 Å². The van der Waals surface area contributed by atoms with Gasteiger partial charge in [-0.2, -0.15) is 9.97 Å². The van der Waals surface area contributed by atoms with Crippen molar-refractivity contribution < 1.29 is 32.8 Å². The molecule has 1 aromatic carbocycles. The second-order valence-electron chi connectivity index (χ2n) is 8.31. The number of nitrogens with two attached hydrogens (primary N) is 1. The number of para-hydroxylation sites is 1. The molecule has 0 saturated carbocycles. The Morgan fingerprint density at radius 2 is 2.11 bits per heavy atom. The van der Waals surface area contributed by atoms with E-state index in [1.807, 2.05) is 0 Å². The summed E-state index contributed by atoms with van der Waals surface area (Å²) >= 11 is 6.15. The Morgan fingerprint density at radius 3 is 2.80 bits per heavy atom. The Balaban J connectivity index is 1.74. The molecular weight excluding hydrogens is 505 g/mol. The van der Waals surface area contributed by atoms with Gasteiger partial charge in [0.05, 0.1) is 17.7 Å². The predicted molar refractivity (Wildman–Crippen MR) is 122 cm³/mol. The van der Waals surface area contributed by atoms with Crippen molar-refractivity contribution in [3.8, 4) is 11.8 Å². The van der Waals surface area contributed by atoms with E-state index in [1.165, 1.54) is 16.7 Å². The van der Waals surface area contributed by atoms with Gasteiger partial charge >= 0.3 is 19.4 Å². The molecule has 15 heteroatoms. The summed E-state index contributed by atoms with van der Waals surface area (Å²) in [6.45, 7) is 2.93. The van der Waals surface area contributed by atoms with Crippen molar-refractivity contribution in [2.75, 3.05) is 12.3 Å². The van der Waals surface area contributed by atoms with Gasteiger partial charge in [0.25, 0.3) is 0 Å².